The lowest BCUT2D eigenvalue weighted by Crippen LogP contribution is -2.50. The number of anilines is 1. The fraction of sp³-hybridized carbons (Fsp3) is 0.590. The molecule has 0 N–H and O–H groups in total. The van der Waals surface area contributed by atoms with Gasteiger partial charge in [0.1, 0.15) is 11.9 Å². The molecule has 0 spiro atoms. The highest BCUT2D eigenvalue weighted by Gasteiger charge is 2.36. The molecular formula is C39H53N5O4. The third kappa shape index (κ3) is 7.71. The van der Waals surface area contributed by atoms with Gasteiger partial charge in [-0.3, -0.25) is 14.5 Å². The van der Waals surface area contributed by atoms with Crippen molar-refractivity contribution in [3.8, 4) is 16.9 Å². The molecule has 48 heavy (non-hydrogen) atoms. The maximum Gasteiger partial charge on any atom is 0.410 e. The number of ether oxygens (including phenoxy) is 2. The maximum atomic E-state index is 14.4. The molecular weight excluding hydrogens is 602 g/mol. The van der Waals surface area contributed by atoms with E-state index < -0.39 is 0 Å². The average Bonchev–Trinajstić information content (AvgIpc) is 3.58. The summed E-state index contributed by atoms with van der Waals surface area (Å²) in [4.78, 5) is 35.8. The molecule has 1 saturated heterocycles. The van der Waals surface area contributed by atoms with E-state index in [9.17, 15) is 9.59 Å². The van der Waals surface area contributed by atoms with Gasteiger partial charge in [0.2, 0.25) is 5.91 Å². The summed E-state index contributed by atoms with van der Waals surface area (Å²) >= 11 is 0. The Bertz CT molecular complexity index is 1550. The predicted octanol–water partition coefficient (Wildman–Crippen LogP) is 8.19. The molecule has 3 aliphatic rings. The highest BCUT2D eigenvalue weighted by Crippen LogP contribution is 2.38. The Balaban J connectivity index is 1.14. The van der Waals surface area contributed by atoms with Gasteiger partial charge in [-0.05, 0) is 120 Å². The van der Waals surface area contributed by atoms with Crippen molar-refractivity contribution in [2.75, 3.05) is 31.6 Å². The van der Waals surface area contributed by atoms with Gasteiger partial charge in [0, 0.05) is 60.7 Å². The number of carbonyl (C=O) groups excluding carboxylic acids is 2. The van der Waals surface area contributed by atoms with Crippen molar-refractivity contribution in [3.05, 3.63) is 60.2 Å². The first-order chi connectivity index (χ1) is 23.2. The molecule has 2 amide bonds. The molecule has 3 heterocycles. The number of aromatic nitrogens is 3. The molecule has 2 aromatic heterocycles. The summed E-state index contributed by atoms with van der Waals surface area (Å²) in [6, 6.07) is 12.8. The van der Waals surface area contributed by atoms with Gasteiger partial charge < -0.3 is 19.3 Å². The summed E-state index contributed by atoms with van der Waals surface area (Å²) in [5.41, 5.74) is 5.14. The van der Waals surface area contributed by atoms with E-state index in [1.165, 1.54) is 0 Å². The summed E-state index contributed by atoms with van der Waals surface area (Å²) in [7, 11) is 1.69. The summed E-state index contributed by atoms with van der Waals surface area (Å²) in [5.74, 6) is 2.38. The number of methoxy groups -OCH3 is 1. The fourth-order valence-corrected chi connectivity index (χ4v) is 7.70. The first-order valence-corrected chi connectivity index (χ1v) is 18.1. The Labute approximate surface area is 286 Å². The van der Waals surface area contributed by atoms with Crippen LogP contribution in [0.25, 0.3) is 11.1 Å². The van der Waals surface area contributed by atoms with Gasteiger partial charge in [-0.1, -0.05) is 19.1 Å². The zero-order chi connectivity index (χ0) is 33.8. The molecule has 9 heteroatoms. The normalized spacial score (nSPS) is 23.1. The van der Waals surface area contributed by atoms with Crippen LogP contribution in [0, 0.1) is 24.7 Å². The van der Waals surface area contributed by atoms with E-state index in [1.54, 1.807) is 7.11 Å². The minimum atomic E-state index is -0.190. The van der Waals surface area contributed by atoms with E-state index >= 15 is 0 Å². The second kappa shape index (κ2) is 15.1. The molecule has 3 aromatic rings. The fourth-order valence-electron chi connectivity index (χ4n) is 7.70. The van der Waals surface area contributed by atoms with Crippen molar-refractivity contribution in [2.45, 2.75) is 104 Å². The average molecular weight is 656 g/mol. The number of carbonyl (C=O) groups is 2. The van der Waals surface area contributed by atoms with Crippen LogP contribution >= 0.6 is 0 Å². The topological polar surface area (TPSA) is 89.8 Å². The van der Waals surface area contributed by atoms with Crippen molar-refractivity contribution < 1.29 is 19.1 Å². The minimum Gasteiger partial charge on any atom is -0.495 e. The molecule has 9 nitrogen and oxygen atoms in total. The summed E-state index contributed by atoms with van der Waals surface area (Å²) in [6.07, 6.45) is 12.0. The first-order valence-electron chi connectivity index (χ1n) is 18.1. The molecule has 2 saturated carbocycles. The number of nitrogens with zero attached hydrogens (tertiary/aromatic N) is 5. The number of hydrogen-bond acceptors (Lipinski definition) is 6. The Morgan fingerprint density at radius 3 is 2.35 bits per heavy atom. The number of hydrogen-bond donors (Lipinski definition) is 0. The number of rotatable bonds is 10. The third-order valence-corrected chi connectivity index (χ3v) is 11.0. The van der Waals surface area contributed by atoms with Crippen molar-refractivity contribution in [3.63, 3.8) is 0 Å². The molecule has 1 aromatic carbocycles. The molecule has 2 aliphatic carbocycles. The molecule has 0 bridgehead atoms. The summed E-state index contributed by atoms with van der Waals surface area (Å²) < 4.78 is 13.3. The van der Waals surface area contributed by atoms with Gasteiger partial charge in [0.05, 0.1) is 19.0 Å². The standard InChI is InChI=1S/C39H53N5O4/c1-6-28-22-42(23-28)39(46)48-35-16-14-31(15-17-35)38(45)43(34-9-7-8-32(20-34)33-21-40-44(25-33)26(2)3)24-29-10-12-30(13-11-29)36-18-19-37(47-5)27(4)41-36/h7-9,18-21,25-26,28-31,35H,6,10-17,22-24H2,1-5H3. The predicted molar refractivity (Wildman–Crippen MR) is 188 cm³/mol. The Kier molecular flexibility index (Phi) is 10.7. The second-order valence-electron chi connectivity index (χ2n) is 14.6. The SMILES string of the molecule is CCC1CN(C(=O)OC2CCC(C(=O)N(CC3CCC(c4ccc(OC)c(C)n4)CC3)c3cccc(-c4cnn(C(C)C)c4)c3)CC2)C1. The van der Waals surface area contributed by atoms with Crippen LogP contribution in [0.2, 0.25) is 0 Å². The quantitative estimate of drug-likeness (QED) is 0.219. The van der Waals surface area contributed by atoms with Crippen LogP contribution in [0.15, 0.2) is 48.8 Å². The molecule has 0 atom stereocenters. The number of aryl methyl sites for hydroxylation is 1. The van der Waals surface area contributed by atoms with Crippen molar-refractivity contribution in [1.82, 2.24) is 19.7 Å². The van der Waals surface area contributed by atoms with Crippen molar-refractivity contribution in [1.29, 1.82) is 0 Å². The number of pyridine rings is 1. The van der Waals surface area contributed by atoms with Gasteiger partial charge in [-0.25, -0.2) is 4.79 Å². The van der Waals surface area contributed by atoms with Crippen LogP contribution in [0.3, 0.4) is 0 Å². The molecule has 0 radical (unpaired) electrons. The number of benzene rings is 1. The first kappa shape index (κ1) is 34.0. The van der Waals surface area contributed by atoms with Gasteiger partial charge in [0.15, 0.2) is 0 Å². The van der Waals surface area contributed by atoms with E-state index in [2.05, 4.69) is 67.3 Å². The van der Waals surface area contributed by atoms with Crippen LogP contribution in [-0.4, -0.2) is 64.5 Å². The van der Waals surface area contributed by atoms with E-state index in [-0.39, 0.29) is 30.1 Å². The zero-order valence-corrected chi connectivity index (χ0v) is 29.4. The number of likely N-dealkylation sites (tertiary alicyclic amines) is 1. The second-order valence-corrected chi connectivity index (χ2v) is 14.6. The molecule has 258 valence electrons. The highest BCUT2D eigenvalue weighted by atomic mass is 16.6. The zero-order valence-electron chi connectivity index (χ0n) is 29.4. The molecule has 0 unspecified atom stereocenters. The van der Waals surface area contributed by atoms with Gasteiger partial charge >= 0.3 is 6.09 Å². The lowest BCUT2D eigenvalue weighted by atomic mass is 9.79. The smallest absolute Gasteiger partial charge is 0.410 e. The third-order valence-electron chi connectivity index (χ3n) is 11.0. The Morgan fingerprint density at radius 1 is 0.958 bits per heavy atom. The number of amides is 2. The van der Waals surface area contributed by atoms with Crippen LogP contribution in [-0.2, 0) is 9.53 Å². The molecule has 3 fully saturated rings. The lowest BCUT2D eigenvalue weighted by molar-refractivity contribution is -0.124. The minimum absolute atomic E-state index is 0.0800. The van der Waals surface area contributed by atoms with Crippen molar-refractivity contribution in [2.24, 2.45) is 17.8 Å². The van der Waals surface area contributed by atoms with Gasteiger partial charge in [0.25, 0.3) is 0 Å². The van der Waals surface area contributed by atoms with E-state index in [0.29, 0.717) is 24.3 Å². The molecule has 6 rings (SSSR count). The summed E-state index contributed by atoms with van der Waals surface area (Å²) in [6.45, 7) is 10.7. The Hall–Kier alpha value is -3.88. The van der Waals surface area contributed by atoms with Crippen LogP contribution in [0.5, 0.6) is 5.75 Å². The highest BCUT2D eigenvalue weighted by molar-refractivity contribution is 5.95. The van der Waals surface area contributed by atoms with Crippen LogP contribution in [0.4, 0.5) is 10.5 Å². The molecule has 1 aliphatic heterocycles. The van der Waals surface area contributed by atoms with Crippen molar-refractivity contribution >= 4 is 17.7 Å². The lowest BCUT2D eigenvalue weighted by Gasteiger charge is -2.39. The van der Waals surface area contributed by atoms with E-state index in [1.807, 2.05) is 28.8 Å². The maximum absolute atomic E-state index is 14.4. The monoisotopic (exact) mass is 655 g/mol. The summed E-state index contributed by atoms with van der Waals surface area (Å²) in [5, 5.41) is 4.56. The Morgan fingerprint density at radius 2 is 1.71 bits per heavy atom. The van der Waals surface area contributed by atoms with E-state index in [4.69, 9.17) is 14.5 Å². The van der Waals surface area contributed by atoms with Gasteiger partial charge in [-0.2, -0.15) is 5.10 Å². The van der Waals surface area contributed by atoms with Gasteiger partial charge in [-0.15, -0.1) is 0 Å². The van der Waals surface area contributed by atoms with Crippen LogP contribution < -0.4 is 9.64 Å². The van der Waals surface area contributed by atoms with Crippen LogP contribution in [0.1, 0.15) is 102 Å². The largest absolute Gasteiger partial charge is 0.495 e. The van der Waals surface area contributed by atoms with E-state index in [0.717, 1.165) is 105 Å².